The molecule has 1 aliphatic carbocycles. The second-order valence-electron chi connectivity index (χ2n) is 4.70. The fourth-order valence-corrected chi connectivity index (χ4v) is 4.10. The second-order valence-corrected chi connectivity index (χ2v) is 7.40. The number of halogens is 2. The average molecular weight is 322 g/mol. The summed E-state index contributed by atoms with van der Waals surface area (Å²) in [7, 11) is -3.43. The van der Waals surface area contributed by atoms with E-state index < -0.39 is 10.0 Å². The van der Waals surface area contributed by atoms with E-state index in [9.17, 15) is 8.42 Å². The molecular formula is C13H17Cl2NO2S. The molecule has 0 aromatic heterocycles. The summed E-state index contributed by atoms with van der Waals surface area (Å²) in [5.41, 5.74) is 0. The van der Waals surface area contributed by atoms with Crippen LogP contribution in [-0.2, 0) is 10.0 Å². The van der Waals surface area contributed by atoms with Gasteiger partial charge in [-0.3, -0.25) is 0 Å². The fourth-order valence-electron chi connectivity index (χ4n) is 2.13. The Morgan fingerprint density at radius 1 is 1.21 bits per heavy atom. The summed E-state index contributed by atoms with van der Waals surface area (Å²) in [4.78, 5) is 0.304. The molecule has 6 heteroatoms. The second kappa shape index (κ2) is 6.44. The minimum absolute atomic E-state index is 0.129. The van der Waals surface area contributed by atoms with Crippen molar-refractivity contribution in [1.82, 2.24) is 4.31 Å². The molecule has 3 nitrogen and oxygen atoms in total. The van der Waals surface area contributed by atoms with Crippen molar-refractivity contribution >= 4 is 33.2 Å². The predicted octanol–water partition coefficient (Wildman–Crippen LogP) is 3.51. The predicted molar refractivity (Wildman–Crippen MR) is 78.3 cm³/mol. The van der Waals surface area contributed by atoms with Crippen molar-refractivity contribution in [1.29, 1.82) is 0 Å². The van der Waals surface area contributed by atoms with Gasteiger partial charge in [-0.05, 0) is 43.5 Å². The lowest BCUT2D eigenvalue weighted by molar-refractivity contribution is 0.220. The molecule has 1 aromatic rings. The van der Waals surface area contributed by atoms with Gasteiger partial charge in [-0.1, -0.05) is 18.0 Å². The third kappa shape index (κ3) is 3.43. The summed E-state index contributed by atoms with van der Waals surface area (Å²) >= 11 is 11.5. The van der Waals surface area contributed by atoms with Crippen LogP contribution in [0.2, 0.25) is 5.02 Å². The van der Waals surface area contributed by atoms with Crippen LogP contribution in [0.15, 0.2) is 29.2 Å². The molecule has 1 fully saturated rings. The van der Waals surface area contributed by atoms with E-state index in [-0.39, 0.29) is 6.04 Å². The molecule has 0 unspecified atom stereocenters. The lowest BCUT2D eigenvalue weighted by Gasteiger charge is -2.36. The number of rotatable bonds is 6. The van der Waals surface area contributed by atoms with E-state index in [1.165, 1.54) is 0 Å². The van der Waals surface area contributed by atoms with E-state index in [4.69, 9.17) is 23.2 Å². The highest BCUT2D eigenvalue weighted by Gasteiger charge is 2.34. The maximum atomic E-state index is 12.6. The van der Waals surface area contributed by atoms with Crippen molar-refractivity contribution in [3.8, 4) is 0 Å². The summed E-state index contributed by atoms with van der Waals surface area (Å²) < 4.78 is 26.8. The first-order chi connectivity index (χ1) is 9.05. The Labute approximate surface area is 124 Å². The van der Waals surface area contributed by atoms with Gasteiger partial charge in [0.1, 0.15) is 0 Å². The highest BCUT2D eigenvalue weighted by atomic mass is 35.5. The first kappa shape index (κ1) is 15.1. The van der Waals surface area contributed by atoms with E-state index in [1.54, 1.807) is 28.6 Å². The molecular weight excluding hydrogens is 305 g/mol. The molecule has 0 atom stereocenters. The summed E-state index contributed by atoms with van der Waals surface area (Å²) in [5.74, 6) is 0.472. The van der Waals surface area contributed by atoms with Crippen molar-refractivity contribution in [2.24, 2.45) is 0 Å². The Hall–Kier alpha value is -0.290. The van der Waals surface area contributed by atoms with Crippen molar-refractivity contribution in [3.05, 3.63) is 29.3 Å². The molecule has 1 aromatic carbocycles. The zero-order valence-electron chi connectivity index (χ0n) is 10.6. The van der Waals surface area contributed by atoms with Gasteiger partial charge in [0.2, 0.25) is 10.0 Å². The van der Waals surface area contributed by atoms with Crippen molar-refractivity contribution < 1.29 is 8.42 Å². The number of alkyl halides is 1. The highest BCUT2D eigenvalue weighted by Crippen LogP contribution is 2.30. The number of hydrogen-bond donors (Lipinski definition) is 0. The quantitative estimate of drug-likeness (QED) is 0.752. The standard InChI is InChI=1S/C13H17Cl2NO2S/c14-9-2-10-16(12-3-1-4-12)19(17,18)13-7-5-11(15)6-8-13/h5-8,12H,1-4,9-10H2. The third-order valence-corrected chi connectivity index (χ3v) is 5.90. The maximum absolute atomic E-state index is 12.6. The summed E-state index contributed by atoms with van der Waals surface area (Å²) in [5, 5.41) is 0.537. The molecule has 0 bridgehead atoms. The minimum Gasteiger partial charge on any atom is -0.207 e. The monoisotopic (exact) mass is 321 g/mol. The van der Waals surface area contributed by atoms with Crippen LogP contribution >= 0.6 is 23.2 Å². The molecule has 0 N–H and O–H groups in total. The number of nitrogens with zero attached hydrogens (tertiary/aromatic N) is 1. The zero-order chi connectivity index (χ0) is 13.9. The van der Waals surface area contributed by atoms with E-state index in [1.807, 2.05) is 0 Å². The van der Waals surface area contributed by atoms with E-state index in [0.29, 0.717) is 28.8 Å². The van der Waals surface area contributed by atoms with Gasteiger partial charge in [-0.25, -0.2) is 8.42 Å². The highest BCUT2D eigenvalue weighted by molar-refractivity contribution is 7.89. The number of sulfonamides is 1. The van der Waals surface area contributed by atoms with Crippen molar-refractivity contribution in [2.45, 2.75) is 36.6 Å². The van der Waals surface area contributed by atoms with E-state index in [2.05, 4.69) is 0 Å². The largest absolute Gasteiger partial charge is 0.243 e. The molecule has 106 valence electrons. The third-order valence-electron chi connectivity index (χ3n) is 3.41. The van der Waals surface area contributed by atoms with E-state index in [0.717, 1.165) is 19.3 Å². The normalized spacial score (nSPS) is 16.6. The number of benzene rings is 1. The van der Waals surface area contributed by atoms with Crippen LogP contribution in [0.1, 0.15) is 25.7 Å². The van der Waals surface area contributed by atoms with Gasteiger partial charge in [0.05, 0.1) is 4.90 Å². The lowest BCUT2D eigenvalue weighted by Crippen LogP contribution is -2.44. The van der Waals surface area contributed by atoms with Gasteiger partial charge < -0.3 is 0 Å². The Morgan fingerprint density at radius 3 is 2.32 bits per heavy atom. The molecule has 19 heavy (non-hydrogen) atoms. The molecule has 0 saturated heterocycles. The molecule has 0 radical (unpaired) electrons. The smallest absolute Gasteiger partial charge is 0.207 e. The van der Waals surface area contributed by atoms with Crippen LogP contribution < -0.4 is 0 Å². The topological polar surface area (TPSA) is 37.4 Å². The van der Waals surface area contributed by atoms with Gasteiger partial charge in [-0.15, -0.1) is 11.6 Å². The molecule has 1 saturated carbocycles. The van der Waals surface area contributed by atoms with Gasteiger partial charge >= 0.3 is 0 Å². The summed E-state index contributed by atoms with van der Waals surface area (Å²) in [6.45, 7) is 0.485. The van der Waals surface area contributed by atoms with Crippen LogP contribution in [0.25, 0.3) is 0 Å². The number of hydrogen-bond acceptors (Lipinski definition) is 2. The molecule has 0 spiro atoms. The minimum atomic E-state index is -3.43. The maximum Gasteiger partial charge on any atom is 0.243 e. The molecule has 1 aliphatic rings. The lowest BCUT2D eigenvalue weighted by atomic mass is 9.93. The first-order valence-corrected chi connectivity index (χ1v) is 8.74. The fraction of sp³-hybridized carbons (Fsp3) is 0.538. The van der Waals surface area contributed by atoms with Crippen molar-refractivity contribution in [2.75, 3.05) is 12.4 Å². The first-order valence-electron chi connectivity index (χ1n) is 6.39. The average Bonchev–Trinajstić information content (AvgIpc) is 2.32. The Balaban J connectivity index is 2.24. The Morgan fingerprint density at radius 2 is 1.84 bits per heavy atom. The van der Waals surface area contributed by atoms with E-state index >= 15 is 0 Å². The molecule has 0 amide bonds. The van der Waals surface area contributed by atoms with Crippen LogP contribution in [0.4, 0.5) is 0 Å². The Kier molecular flexibility index (Phi) is 5.12. The van der Waals surface area contributed by atoms with Gasteiger partial charge in [0.15, 0.2) is 0 Å². The molecule has 0 aliphatic heterocycles. The Bertz CT molecular complexity index is 512. The summed E-state index contributed by atoms with van der Waals surface area (Å²) in [6.07, 6.45) is 3.65. The van der Waals surface area contributed by atoms with Gasteiger partial charge in [-0.2, -0.15) is 4.31 Å². The van der Waals surface area contributed by atoms with Gasteiger partial charge in [0.25, 0.3) is 0 Å². The van der Waals surface area contributed by atoms with Crippen LogP contribution in [-0.4, -0.2) is 31.2 Å². The van der Waals surface area contributed by atoms with Gasteiger partial charge in [0, 0.05) is 23.5 Å². The van der Waals surface area contributed by atoms with Crippen LogP contribution in [0.5, 0.6) is 0 Å². The molecule has 0 heterocycles. The van der Waals surface area contributed by atoms with Crippen LogP contribution in [0.3, 0.4) is 0 Å². The SMILES string of the molecule is O=S(=O)(c1ccc(Cl)cc1)N(CCCCl)C1CCC1. The molecule has 2 rings (SSSR count). The van der Waals surface area contributed by atoms with Crippen LogP contribution in [0, 0.1) is 0 Å². The zero-order valence-corrected chi connectivity index (χ0v) is 12.9. The summed E-state index contributed by atoms with van der Waals surface area (Å²) in [6, 6.07) is 6.46. The van der Waals surface area contributed by atoms with Crippen molar-refractivity contribution in [3.63, 3.8) is 0 Å².